The first kappa shape index (κ1) is 15.3. The van der Waals surface area contributed by atoms with Crippen LogP contribution in [-0.4, -0.2) is 25.7 Å². The first-order chi connectivity index (χ1) is 9.02. The van der Waals surface area contributed by atoms with Crippen LogP contribution in [0.1, 0.15) is 25.8 Å². The Hall–Kier alpha value is -1.75. The molecule has 1 amide bonds. The lowest BCUT2D eigenvalue weighted by atomic mass is 10.2. The molecule has 0 aromatic heterocycles. The number of methoxy groups -OCH3 is 1. The topological polar surface area (TPSA) is 73.6 Å². The van der Waals surface area contributed by atoms with E-state index >= 15 is 0 Å². The number of carbonyl (C=O) groups excluding carboxylic acids is 1. The zero-order chi connectivity index (χ0) is 14.3. The van der Waals surface area contributed by atoms with Crippen molar-refractivity contribution in [3.8, 4) is 11.5 Å². The first-order valence-corrected chi connectivity index (χ1v) is 6.34. The number of carbonyl (C=O) groups is 1. The number of benzene rings is 1. The number of ether oxygens (including phenoxy) is 2. The summed E-state index contributed by atoms with van der Waals surface area (Å²) < 4.78 is 10.8. The lowest BCUT2D eigenvalue weighted by Crippen LogP contribution is -2.21. The van der Waals surface area contributed by atoms with Gasteiger partial charge in [0.2, 0.25) is 5.91 Å². The minimum atomic E-state index is -0.378. The Labute approximate surface area is 114 Å². The maximum Gasteiger partial charge on any atom is 0.220 e. The molecule has 1 aromatic carbocycles. The van der Waals surface area contributed by atoms with Gasteiger partial charge in [0.1, 0.15) is 0 Å². The van der Waals surface area contributed by atoms with Crippen molar-refractivity contribution in [2.45, 2.75) is 32.9 Å². The van der Waals surface area contributed by atoms with Gasteiger partial charge in [-0.25, -0.2) is 0 Å². The fraction of sp³-hybridized carbons (Fsp3) is 0.500. The van der Waals surface area contributed by atoms with Crippen LogP contribution in [0.3, 0.4) is 0 Å². The number of nitrogens with one attached hydrogen (secondary N) is 1. The number of hydrogen-bond donors (Lipinski definition) is 2. The summed E-state index contributed by atoms with van der Waals surface area (Å²) in [5, 5.41) is 3.33. The van der Waals surface area contributed by atoms with Gasteiger partial charge in [-0.15, -0.1) is 0 Å². The van der Waals surface area contributed by atoms with E-state index in [2.05, 4.69) is 19.2 Å². The van der Waals surface area contributed by atoms with Crippen molar-refractivity contribution in [2.24, 2.45) is 5.73 Å². The number of hydrogen-bond acceptors (Lipinski definition) is 4. The molecule has 0 aliphatic carbocycles. The van der Waals surface area contributed by atoms with Gasteiger partial charge in [-0.05, 0) is 17.7 Å². The van der Waals surface area contributed by atoms with E-state index in [0.717, 1.165) is 12.1 Å². The molecular formula is C14H22N2O3. The Bertz CT molecular complexity index is 419. The average Bonchev–Trinajstić information content (AvgIpc) is 2.36. The summed E-state index contributed by atoms with van der Waals surface area (Å²) >= 11 is 0. The third-order valence-electron chi connectivity index (χ3n) is 2.55. The highest BCUT2D eigenvalue weighted by Gasteiger charge is 2.06. The molecule has 0 saturated heterocycles. The van der Waals surface area contributed by atoms with Crippen LogP contribution in [0.15, 0.2) is 18.2 Å². The molecule has 0 atom stereocenters. The Morgan fingerprint density at radius 3 is 2.68 bits per heavy atom. The summed E-state index contributed by atoms with van der Waals surface area (Å²) in [6.07, 6.45) is 0.194. The van der Waals surface area contributed by atoms with E-state index < -0.39 is 0 Å². The zero-order valence-corrected chi connectivity index (χ0v) is 11.7. The Morgan fingerprint density at radius 1 is 1.37 bits per heavy atom. The maximum absolute atomic E-state index is 10.6. The Morgan fingerprint density at radius 2 is 2.11 bits per heavy atom. The highest BCUT2D eigenvalue weighted by atomic mass is 16.5. The molecule has 5 heteroatoms. The zero-order valence-electron chi connectivity index (χ0n) is 11.7. The van der Waals surface area contributed by atoms with Gasteiger partial charge in [0.25, 0.3) is 0 Å². The van der Waals surface area contributed by atoms with Crippen LogP contribution in [0.4, 0.5) is 0 Å². The molecule has 106 valence electrons. The summed E-state index contributed by atoms with van der Waals surface area (Å²) in [6, 6.07) is 6.17. The number of rotatable bonds is 8. The summed E-state index contributed by atoms with van der Waals surface area (Å²) in [5.74, 6) is 0.904. The molecule has 0 aliphatic rings. The van der Waals surface area contributed by atoms with E-state index in [1.165, 1.54) is 0 Å². The SMILES string of the molecule is COc1cc(CNC(C)C)ccc1OCCC(N)=O. The lowest BCUT2D eigenvalue weighted by molar-refractivity contribution is -0.118. The second-order valence-corrected chi connectivity index (χ2v) is 4.59. The molecule has 1 rings (SSSR count). The van der Waals surface area contributed by atoms with Crippen molar-refractivity contribution in [2.75, 3.05) is 13.7 Å². The Kier molecular flexibility index (Phi) is 6.15. The predicted molar refractivity (Wildman–Crippen MR) is 74.3 cm³/mol. The molecule has 0 spiro atoms. The minimum absolute atomic E-state index is 0.194. The van der Waals surface area contributed by atoms with Crippen LogP contribution in [-0.2, 0) is 11.3 Å². The van der Waals surface area contributed by atoms with Crippen LogP contribution in [0.2, 0.25) is 0 Å². The lowest BCUT2D eigenvalue weighted by Gasteiger charge is -2.13. The number of nitrogens with two attached hydrogens (primary N) is 1. The van der Waals surface area contributed by atoms with Crippen molar-refractivity contribution in [1.29, 1.82) is 0 Å². The highest BCUT2D eigenvalue weighted by molar-refractivity contribution is 5.73. The van der Waals surface area contributed by atoms with Gasteiger partial charge in [-0.2, -0.15) is 0 Å². The van der Waals surface area contributed by atoms with Crippen LogP contribution in [0.5, 0.6) is 11.5 Å². The van der Waals surface area contributed by atoms with Crippen molar-refractivity contribution in [3.63, 3.8) is 0 Å². The van der Waals surface area contributed by atoms with Gasteiger partial charge in [0, 0.05) is 12.6 Å². The maximum atomic E-state index is 10.6. The van der Waals surface area contributed by atoms with Gasteiger partial charge in [0.15, 0.2) is 11.5 Å². The van der Waals surface area contributed by atoms with Gasteiger partial charge < -0.3 is 20.5 Å². The molecule has 19 heavy (non-hydrogen) atoms. The van der Waals surface area contributed by atoms with E-state index in [1.54, 1.807) is 7.11 Å². The molecule has 1 aromatic rings. The van der Waals surface area contributed by atoms with E-state index in [-0.39, 0.29) is 18.9 Å². The van der Waals surface area contributed by atoms with Crippen molar-refractivity contribution >= 4 is 5.91 Å². The van der Waals surface area contributed by atoms with Crippen molar-refractivity contribution in [3.05, 3.63) is 23.8 Å². The van der Waals surface area contributed by atoms with E-state index in [9.17, 15) is 4.79 Å². The highest BCUT2D eigenvalue weighted by Crippen LogP contribution is 2.28. The van der Waals surface area contributed by atoms with E-state index in [0.29, 0.717) is 17.5 Å². The average molecular weight is 266 g/mol. The third-order valence-corrected chi connectivity index (χ3v) is 2.55. The molecule has 0 heterocycles. The number of amides is 1. The molecule has 0 saturated carbocycles. The fourth-order valence-corrected chi connectivity index (χ4v) is 1.52. The third kappa shape index (κ3) is 5.61. The van der Waals surface area contributed by atoms with Gasteiger partial charge >= 0.3 is 0 Å². The Balaban J connectivity index is 2.64. The molecular weight excluding hydrogens is 244 g/mol. The second kappa shape index (κ2) is 7.63. The monoisotopic (exact) mass is 266 g/mol. The van der Waals surface area contributed by atoms with Gasteiger partial charge in [-0.1, -0.05) is 19.9 Å². The summed E-state index contributed by atoms with van der Waals surface area (Å²) in [5.41, 5.74) is 6.18. The fourth-order valence-electron chi connectivity index (χ4n) is 1.52. The first-order valence-electron chi connectivity index (χ1n) is 6.34. The van der Waals surface area contributed by atoms with Crippen molar-refractivity contribution < 1.29 is 14.3 Å². The molecule has 0 fully saturated rings. The molecule has 5 nitrogen and oxygen atoms in total. The quantitative estimate of drug-likeness (QED) is 0.747. The molecule has 0 unspecified atom stereocenters. The molecule has 0 aliphatic heterocycles. The molecule has 0 bridgehead atoms. The standard InChI is InChI=1S/C14H22N2O3/c1-10(2)16-9-11-4-5-12(13(8-11)18-3)19-7-6-14(15)17/h4-5,8,10,16H,6-7,9H2,1-3H3,(H2,15,17). The summed E-state index contributed by atoms with van der Waals surface area (Å²) in [4.78, 5) is 10.6. The normalized spacial score (nSPS) is 10.5. The van der Waals surface area contributed by atoms with Gasteiger partial charge in [0.05, 0.1) is 20.1 Å². The smallest absolute Gasteiger partial charge is 0.220 e. The van der Waals surface area contributed by atoms with Crippen LogP contribution in [0, 0.1) is 0 Å². The van der Waals surface area contributed by atoms with Crippen LogP contribution in [0.25, 0.3) is 0 Å². The van der Waals surface area contributed by atoms with Gasteiger partial charge in [-0.3, -0.25) is 4.79 Å². The second-order valence-electron chi connectivity index (χ2n) is 4.59. The molecule has 0 radical (unpaired) electrons. The minimum Gasteiger partial charge on any atom is -0.493 e. The molecule has 3 N–H and O–H groups in total. The predicted octanol–water partition coefficient (Wildman–Crippen LogP) is 1.45. The van der Waals surface area contributed by atoms with Crippen LogP contribution >= 0.6 is 0 Å². The van der Waals surface area contributed by atoms with Crippen LogP contribution < -0.4 is 20.5 Å². The number of primary amides is 1. The van der Waals surface area contributed by atoms with Crippen molar-refractivity contribution in [1.82, 2.24) is 5.32 Å². The summed E-state index contributed by atoms with van der Waals surface area (Å²) in [7, 11) is 1.59. The summed E-state index contributed by atoms with van der Waals surface area (Å²) in [6.45, 7) is 5.22. The van der Waals surface area contributed by atoms with E-state index in [1.807, 2.05) is 18.2 Å². The van der Waals surface area contributed by atoms with E-state index in [4.69, 9.17) is 15.2 Å². The largest absolute Gasteiger partial charge is 0.493 e.